The Morgan fingerprint density at radius 3 is 2.32 bits per heavy atom. The fraction of sp³-hybridized carbons (Fsp3) is 0.261. The van der Waals surface area contributed by atoms with E-state index in [2.05, 4.69) is 41.2 Å². The lowest BCUT2D eigenvalue weighted by Crippen LogP contribution is -2.32. The molecule has 0 bridgehead atoms. The van der Waals surface area contributed by atoms with Crippen molar-refractivity contribution >= 4 is 23.2 Å². The van der Waals surface area contributed by atoms with Gasteiger partial charge >= 0.3 is 0 Å². The molecule has 0 spiro atoms. The van der Waals surface area contributed by atoms with E-state index < -0.39 is 0 Å². The fourth-order valence-electron chi connectivity index (χ4n) is 2.95. The summed E-state index contributed by atoms with van der Waals surface area (Å²) in [6, 6.07) is 19.9. The Bertz CT molecular complexity index is 937. The maximum absolute atomic E-state index is 11.4. The van der Waals surface area contributed by atoms with Crippen LogP contribution >= 0.6 is 0 Å². The number of carbonyl (C=O) groups excluding carboxylic acids is 1. The van der Waals surface area contributed by atoms with Crippen molar-refractivity contribution in [3.63, 3.8) is 0 Å². The third-order valence-electron chi connectivity index (χ3n) is 4.48. The molecule has 2 aromatic carbocycles. The van der Waals surface area contributed by atoms with Gasteiger partial charge in [-0.1, -0.05) is 30.3 Å². The molecule has 1 heterocycles. The summed E-state index contributed by atoms with van der Waals surface area (Å²) < 4.78 is 0. The van der Waals surface area contributed by atoms with Gasteiger partial charge in [0, 0.05) is 35.6 Å². The molecular weight excluding hydrogens is 348 g/mol. The number of Topliss-reactive ketones (excluding diaryl/α,β-unsaturated/α-hetero) is 1. The van der Waals surface area contributed by atoms with Crippen molar-refractivity contribution < 1.29 is 4.79 Å². The molecule has 0 amide bonds. The van der Waals surface area contributed by atoms with Crippen LogP contribution in [0.4, 0.5) is 17.5 Å². The van der Waals surface area contributed by atoms with E-state index in [1.54, 1.807) is 6.92 Å². The quantitative estimate of drug-likeness (QED) is 0.580. The van der Waals surface area contributed by atoms with Crippen LogP contribution in [0.1, 0.15) is 42.4 Å². The predicted molar refractivity (Wildman–Crippen MR) is 114 cm³/mol. The second-order valence-corrected chi connectivity index (χ2v) is 7.16. The number of hydrogen-bond donors (Lipinski definition) is 1. The lowest BCUT2D eigenvalue weighted by atomic mass is 10.1. The zero-order valence-corrected chi connectivity index (χ0v) is 16.8. The Balaban J connectivity index is 1.85. The molecule has 1 N–H and O–H groups in total. The van der Waals surface area contributed by atoms with Gasteiger partial charge in [0.25, 0.3) is 0 Å². The Morgan fingerprint density at radius 1 is 1.04 bits per heavy atom. The largest absolute Gasteiger partial charge is 0.340 e. The number of benzene rings is 2. The number of carbonyl (C=O) groups is 1. The Morgan fingerprint density at radius 2 is 1.71 bits per heavy atom. The van der Waals surface area contributed by atoms with Gasteiger partial charge in [-0.2, -0.15) is 4.98 Å². The maximum atomic E-state index is 11.4. The standard InChI is InChI=1S/C23H26N4O/c1-16(2)27(15-19-8-6-5-7-9-19)23-24-17(3)14-22(26-23)25-21-12-10-20(11-13-21)18(4)28/h5-14,16H,15H2,1-4H3,(H,24,25,26). The first-order chi connectivity index (χ1) is 13.4. The van der Waals surface area contributed by atoms with Gasteiger partial charge < -0.3 is 10.2 Å². The number of ketones is 1. The number of anilines is 3. The minimum Gasteiger partial charge on any atom is -0.340 e. The van der Waals surface area contributed by atoms with Crippen LogP contribution in [0.25, 0.3) is 0 Å². The minimum atomic E-state index is 0.0557. The highest BCUT2D eigenvalue weighted by atomic mass is 16.1. The minimum absolute atomic E-state index is 0.0557. The molecule has 0 aliphatic heterocycles. The predicted octanol–water partition coefficient (Wildman–Crippen LogP) is 5.15. The normalized spacial score (nSPS) is 10.8. The molecule has 0 atom stereocenters. The van der Waals surface area contributed by atoms with Crippen LogP contribution in [-0.2, 0) is 6.54 Å². The number of rotatable bonds is 7. The van der Waals surface area contributed by atoms with E-state index in [1.165, 1.54) is 5.56 Å². The van der Waals surface area contributed by atoms with E-state index in [0.717, 1.165) is 23.7 Å². The summed E-state index contributed by atoms with van der Waals surface area (Å²) in [4.78, 5) is 23.0. The third kappa shape index (κ3) is 4.94. The molecule has 0 radical (unpaired) electrons. The average molecular weight is 374 g/mol. The van der Waals surface area contributed by atoms with Crippen LogP contribution in [-0.4, -0.2) is 21.8 Å². The summed E-state index contributed by atoms with van der Waals surface area (Å²) in [5, 5.41) is 3.32. The molecule has 5 heteroatoms. The lowest BCUT2D eigenvalue weighted by molar-refractivity contribution is 0.101. The summed E-state index contributed by atoms with van der Waals surface area (Å²) in [5.74, 6) is 1.48. The van der Waals surface area contributed by atoms with Crippen LogP contribution in [0, 0.1) is 6.92 Å². The molecular formula is C23H26N4O. The van der Waals surface area contributed by atoms with Gasteiger partial charge in [0.15, 0.2) is 5.78 Å². The molecule has 0 saturated carbocycles. The zero-order chi connectivity index (χ0) is 20.1. The van der Waals surface area contributed by atoms with Crippen molar-refractivity contribution in [3.8, 4) is 0 Å². The van der Waals surface area contributed by atoms with Gasteiger partial charge in [-0.15, -0.1) is 0 Å². The molecule has 0 aliphatic carbocycles. The van der Waals surface area contributed by atoms with E-state index >= 15 is 0 Å². The van der Waals surface area contributed by atoms with Gasteiger partial charge in [-0.3, -0.25) is 4.79 Å². The molecule has 3 aromatic rings. The highest BCUT2D eigenvalue weighted by molar-refractivity contribution is 5.94. The second kappa shape index (κ2) is 8.65. The summed E-state index contributed by atoms with van der Waals surface area (Å²) in [6.07, 6.45) is 0. The zero-order valence-electron chi connectivity index (χ0n) is 16.8. The molecule has 0 fully saturated rings. The molecule has 0 aliphatic rings. The van der Waals surface area contributed by atoms with Crippen LogP contribution < -0.4 is 10.2 Å². The maximum Gasteiger partial charge on any atom is 0.228 e. The topological polar surface area (TPSA) is 58.1 Å². The van der Waals surface area contributed by atoms with E-state index in [4.69, 9.17) is 4.98 Å². The van der Waals surface area contributed by atoms with Gasteiger partial charge in [-0.05, 0) is 57.5 Å². The third-order valence-corrected chi connectivity index (χ3v) is 4.48. The number of hydrogen-bond acceptors (Lipinski definition) is 5. The summed E-state index contributed by atoms with van der Waals surface area (Å²) in [6.45, 7) is 8.56. The van der Waals surface area contributed by atoms with E-state index in [9.17, 15) is 4.79 Å². The molecule has 144 valence electrons. The Kier molecular flexibility index (Phi) is 6.04. The first-order valence-electron chi connectivity index (χ1n) is 9.46. The van der Waals surface area contributed by atoms with Crippen molar-refractivity contribution in [1.82, 2.24) is 9.97 Å². The van der Waals surface area contributed by atoms with Crippen LogP contribution in [0.2, 0.25) is 0 Å². The molecule has 0 unspecified atom stereocenters. The number of nitrogens with one attached hydrogen (secondary N) is 1. The van der Waals surface area contributed by atoms with Crippen molar-refractivity contribution in [2.75, 3.05) is 10.2 Å². The fourth-order valence-corrected chi connectivity index (χ4v) is 2.95. The van der Waals surface area contributed by atoms with Crippen molar-refractivity contribution in [2.45, 2.75) is 40.3 Å². The summed E-state index contributed by atoms with van der Waals surface area (Å²) in [7, 11) is 0. The van der Waals surface area contributed by atoms with Gasteiger partial charge in [-0.25, -0.2) is 4.98 Å². The number of nitrogens with zero attached hydrogens (tertiary/aromatic N) is 3. The monoisotopic (exact) mass is 374 g/mol. The van der Waals surface area contributed by atoms with E-state index in [1.807, 2.05) is 55.5 Å². The van der Waals surface area contributed by atoms with Crippen LogP contribution in [0.15, 0.2) is 60.7 Å². The molecule has 28 heavy (non-hydrogen) atoms. The Labute approximate surface area is 166 Å². The highest BCUT2D eigenvalue weighted by Crippen LogP contribution is 2.22. The smallest absolute Gasteiger partial charge is 0.228 e. The van der Waals surface area contributed by atoms with Gasteiger partial charge in [0.1, 0.15) is 5.82 Å². The lowest BCUT2D eigenvalue weighted by Gasteiger charge is -2.27. The van der Waals surface area contributed by atoms with Gasteiger partial charge in [0.05, 0.1) is 0 Å². The van der Waals surface area contributed by atoms with Crippen molar-refractivity contribution in [3.05, 3.63) is 77.5 Å². The van der Waals surface area contributed by atoms with Crippen LogP contribution in [0.3, 0.4) is 0 Å². The van der Waals surface area contributed by atoms with Crippen molar-refractivity contribution in [1.29, 1.82) is 0 Å². The number of aromatic nitrogens is 2. The Hall–Kier alpha value is -3.21. The molecule has 0 saturated heterocycles. The van der Waals surface area contributed by atoms with E-state index in [0.29, 0.717) is 11.5 Å². The molecule has 5 nitrogen and oxygen atoms in total. The second-order valence-electron chi connectivity index (χ2n) is 7.16. The highest BCUT2D eigenvalue weighted by Gasteiger charge is 2.16. The SMILES string of the molecule is CC(=O)c1ccc(Nc2cc(C)nc(N(Cc3ccccc3)C(C)C)n2)cc1. The summed E-state index contributed by atoms with van der Waals surface area (Å²) >= 11 is 0. The average Bonchev–Trinajstić information content (AvgIpc) is 2.66. The van der Waals surface area contributed by atoms with Crippen molar-refractivity contribution in [2.24, 2.45) is 0 Å². The van der Waals surface area contributed by atoms with Gasteiger partial charge in [0.2, 0.25) is 5.95 Å². The molecule has 1 aromatic heterocycles. The number of aryl methyl sites for hydroxylation is 1. The van der Waals surface area contributed by atoms with Crippen LogP contribution in [0.5, 0.6) is 0 Å². The van der Waals surface area contributed by atoms with E-state index in [-0.39, 0.29) is 11.8 Å². The summed E-state index contributed by atoms with van der Waals surface area (Å²) in [5.41, 5.74) is 3.69. The first-order valence-corrected chi connectivity index (χ1v) is 9.46. The molecule has 3 rings (SSSR count). The first kappa shape index (κ1) is 19.5.